The fourth-order valence-electron chi connectivity index (χ4n) is 4.00. The number of pyridine rings is 1. The minimum absolute atomic E-state index is 0.294. The third kappa shape index (κ3) is 3.52. The first kappa shape index (κ1) is 15.8. The van der Waals surface area contributed by atoms with E-state index in [4.69, 9.17) is 0 Å². The molecule has 2 bridgehead atoms. The van der Waals surface area contributed by atoms with Crippen LogP contribution in [0.5, 0.6) is 0 Å². The fraction of sp³-hybridized carbons (Fsp3) is 0.474. The highest BCUT2D eigenvalue weighted by Gasteiger charge is 2.36. The first-order valence-electron chi connectivity index (χ1n) is 8.71. The maximum absolute atomic E-state index is 12.8. The lowest BCUT2D eigenvalue weighted by Crippen LogP contribution is -2.47. The number of thiophene rings is 1. The van der Waals surface area contributed by atoms with Gasteiger partial charge in [-0.05, 0) is 53.3 Å². The lowest BCUT2D eigenvalue weighted by molar-refractivity contribution is -0.134. The maximum atomic E-state index is 12.8. The minimum Gasteiger partial charge on any atom is -0.338 e. The van der Waals surface area contributed by atoms with Crippen molar-refractivity contribution in [3.05, 3.63) is 52.5 Å². The molecule has 24 heavy (non-hydrogen) atoms. The molecular formula is C19H23N3OS. The molecule has 0 saturated carbocycles. The molecular weight excluding hydrogens is 318 g/mol. The summed E-state index contributed by atoms with van der Waals surface area (Å²) in [5, 5.41) is 4.13. The zero-order valence-electron chi connectivity index (χ0n) is 13.8. The summed E-state index contributed by atoms with van der Waals surface area (Å²) in [5.41, 5.74) is 2.27. The van der Waals surface area contributed by atoms with Crippen LogP contribution in [-0.4, -0.2) is 46.4 Å². The average Bonchev–Trinajstić information content (AvgIpc) is 2.95. The molecule has 0 N–H and O–H groups in total. The van der Waals surface area contributed by atoms with Gasteiger partial charge in [0.15, 0.2) is 0 Å². The molecule has 4 nitrogen and oxygen atoms in total. The molecule has 1 amide bonds. The number of rotatable bonds is 4. The topological polar surface area (TPSA) is 36.4 Å². The van der Waals surface area contributed by atoms with Gasteiger partial charge in [0.25, 0.3) is 0 Å². The van der Waals surface area contributed by atoms with Gasteiger partial charge in [-0.25, -0.2) is 0 Å². The van der Waals surface area contributed by atoms with Gasteiger partial charge in [-0.1, -0.05) is 6.07 Å². The SMILES string of the molecule is O=C(Cc1ccsc1)N1C[C@H]2CC[C@@H]1CN(Cc1ccccn1)C2. The Bertz CT molecular complexity index is 673. The summed E-state index contributed by atoms with van der Waals surface area (Å²) in [6, 6.07) is 8.52. The van der Waals surface area contributed by atoms with Crippen LogP contribution in [0.1, 0.15) is 24.1 Å². The van der Waals surface area contributed by atoms with Gasteiger partial charge < -0.3 is 4.90 Å². The molecule has 2 atom stereocenters. The molecule has 2 aromatic heterocycles. The van der Waals surface area contributed by atoms with Crippen molar-refractivity contribution in [2.75, 3.05) is 19.6 Å². The number of aromatic nitrogens is 1. The number of amides is 1. The Kier molecular flexibility index (Phi) is 4.63. The van der Waals surface area contributed by atoms with E-state index in [0.29, 0.717) is 24.3 Å². The van der Waals surface area contributed by atoms with Crippen LogP contribution in [0.25, 0.3) is 0 Å². The Morgan fingerprint density at radius 1 is 1.21 bits per heavy atom. The molecule has 2 aromatic rings. The summed E-state index contributed by atoms with van der Waals surface area (Å²) in [5.74, 6) is 0.890. The van der Waals surface area contributed by atoms with E-state index in [2.05, 4.69) is 32.3 Å². The highest BCUT2D eigenvalue weighted by molar-refractivity contribution is 7.08. The van der Waals surface area contributed by atoms with Crippen molar-refractivity contribution in [3.63, 3.8) is 0 Å². The Labute approximate surface area is 147 Å². The van der Waals surface area contributed by atoms with Crippen LogP contribution >= 0.6 is 11.3 Å². The molecule has 0 aliphatic carbocycles. The molecule has 3 saturated heterocycles. The van der Waals surface area contributed by atoms with Crippen LogP contribution in [0.2, 0.25) is 0 Å². The molecule has 0 spiro atoms. The van der Waals surface area contributed by atoms with Gasteiger partial charge in [0.05, 0.1) is 12.1 Å². The Balaban J connectivity index is 1.43. The lowest BCUT2D eigenvalue weighted by atomic mass is 9.94. The fourth-order valence-corrected chi connectivity index (χ4v) is 4.67. The minimum atomic E-state index is 0.294. The second-order valence-electron chi connectivity index (χ2n) is 6.97. The van der Waals surface area contributed by atoms with Gasteiger partial charge in [-0.15, -0.1) is 0 Å². The second kappa shape index (κ2) is 7.03. The van der Waals surface area contributed by atoms with Crippen molar-refractivity contribution in [3.8, 4) is 0 Å². The van der Waals surface area contributed by atoms with Gasteiger partial charge in [-0.2, -0.15) is 11.3 Å². The lowest BCUT2D eigenvalue weighted by Gasteiger charge is -2.36. The molecule has 3 aliphatic heterocycles. The van der Waals surface area contributed by atoms with E-state index in [9.17, 15) is 4.79 Å². The number of piperidine rings is 1. The average molecular weight is 341 g/mol. The zero-order valence-corrected chi connectivity index (χ0v) is 14.6. The highest BCUT2D eigenvalue weighted by Crippen LogP contribution is 2.29. The molecule has 3 fully saturated rings. The molecule has 0 unspecified atom stereocenters. The predicted octanol–water partition coefficient (Wildman–Crippen LogP) is 2.81. The molecule has 5 rings (SSSR count). The number of carbonyl (C=O) groups is 1. The van der Waals surface area contributed by atoms with Crippen LogP contribution in [0, 0.1) is 5.92 Å². The zero-order chi connectivity index (χ0) is 16.4. The van der Waals surface area contributed by atoms with Crippen molar-refractivity contribution < 1.29 is 4.79 Å². The van der Waals surface area contributed by atoms with Gasteiger partial charge in [0, 0.05) is 38.4 Å². The normalized spacial score (nSPS) is 24.1. The summed E-state index contributed by atoms with van der Waals surface area (Å²) < 4.78 is 0. The summed E-state index contributed by atoms with van der Waals surface area (Å²) in [6.45, 7) is 3.87. The van der Waals surface area contributed by atoms with Crippen molar-refractivity contribution >= 4 is 17.2 Å². The maximum Gasteiger partial charge on any atom is 0.227 e. The smallest absolute Gasteiger partial charge is 0.227 e. The number of hydrogen-bond donors (Lipinski definition) is 0. The standard InChI is InChI=1S/C19H23N3OS/c23-19(9-15-6-8-24-14-15)22-11-16-4-5-18(22)13-21(10-16)12-17-3-1-2-7-20-17/h1-3,6-8,14,16,18H,4-5,9-13H2/t16-,18+/m0/s1. The van der Waals surface area contributed by atoms with E-state index in [-0.39, 0.29) is 0 Å². The third-order valence-electron chi connectivity index (χ3n) is 5.16. The Morgan fingerprint density at radius 3 is 2.96 bits per heavy atom. The van der Waals surface area contributed by atoms with Crippen molar-refractivity contribution in [1.82, 2.24) is 14.8 Å². The number of fused-ring (bicyclic) bond motifs is 4. The first-order valence-corrected chi connectivity index (χ1v) is 9.65. The molecule has 3 aliphatic rings. The van der Waals surface area contributed by atoms with E-state index in [1.807, 2.05) is 23.7 Å². The van der Waals surface area contributed by atoms with Gasteiger partial charge in [0.2, 0.25) is 5.91 Å². The molecule has 5 heterocycles. The van der Waals surface area contributed by atoms with E-state index < -0.39 is 0 Å². The van der Waals surface area contributed by atoms with Gasteiger partial charge >= 0.3 is 0 Å². The van der Waals surface area contributed by atoms with Gasteiger partial charge in [-0.3, -0.25) is 14.7 Å². The molecule has 126 valence electrons. The predicted molar refractivity (Wildman–Crippen MR) is 95.8 cm³/mol. The molecule has 0 radical (unpaired) electrons. The summed E-state index contributed by atoms with van der Waals surface area (Å²) in [4.78, 5) is 21.9. The van der Waals surface area contributed by atoms with Crippen molar-refractivity contribution in [2.24, 2.45) is 5.92 Å². The molecule has 0 aromatic carbocycles. The van der Waals surface area contributed by atoms with Crippen LogP contribution < -0.4 is 0 Å². The Morgan fingerprint density at radius 2 is 2.17 bits per heavy atom. The van der Waals surface area contributed by atoms with Crippen LogP contribution in [0.4, 0.5) is 0 Å². The number of carbonyl (C=O) groups excluding carboxylic acids is 1. The quantitative estimate of drug-likeness (QED) is 0.858. The van der Waals surface area contributed by atoms with Crippen molar-refractivity contribution in [1.29, 1.82) is 0 Å². The van der Waals surface area contributed by atoms with Crippen molar-refractivity contribution in [2.45, 2.75) is 31.8 Å². The van der Waals surface area contributed by atoms with E-state index in [0.717, 1.165) is 43.9 Å². The van der Waals surface area contributed by atoms with E-state index in [1.54, 1.807) is 11.3 Å². The Hall–Kier alpha value is -1.72. The largest absolute Gasteiger partial charge is 0.338 e. The summed E-state index contributed by atoms with van der Waals surface area (Å²) in [6.07, 6.45) is 4.79. The monoisotopic (exact) mass is 341 g/mol. The summed E-state index contributed by atoms with van der Waals surface area (Å²) >= 11 is 1.66. The summed E-state index contributed by atoms with van der Waals surface area (Å²) in [7, 11) is 0. The number of nitrogens with zero attached hydrogens (tertiary/aromatic N) is 3. The van der Waals surface area contributed by atoms with E-state index in [1.165, 1.54) is 6.42 Å². The number of hydrogen-bond acceptors (Lipinski definition) is 4. The van der Waals surface area contributed by atoms with Gasteiger partial charge in [0.1, 0.15) is 0 Å². The van der Waals surface area contributed by atoms with E-state index >= 15 is 0 Å². The molecule has 5 heteroatoms. The first-order chi connectivity index (χ1) is 11.8. The second-order valence-corrected chi connectivity index (χ2v) is 7.75. The highest BCUT2D eigenvalue weighted by atomic mass is 32.1. The van der Waals surface area contributed by atoms with Crippen LogP contribution in [0.3, 0.4) is 0 Å². The van der Waals surface area contributed by atoms with Crippen LogP contribution in [0.15, 0.2) is 41.2 Å². The van der Waals surface area contributed by atoms with Crippen LogP contribution in [-0.2, 0) is 17.8 Å². The third-order valence-corrected chi connectivity index (χ3v) is 5.89.